The van der Waals surface area contributed by atoms with Gasteiger partial charge in [-0.15, -0.1) is 14.9 Å². The van der Waals surface area contributed by atoms with Crippen molar-refractivity contribution in [3.05, 3.63) is 76.8 Å². The minimum Gasteiger partial charge on any atom is -0.593 e. The molecule has 10 heteroatoms. The first-order chi connectivity index (χ1) is 14.5. The summed E-state index contributed by atoms with van der Waals surface area (Å²) in [6.45, 7) is 0.325. The van der Waals surface area contributed by atoms with Gasteiger partial charge >= 0.3 is 0 Å². The molecule has 1 amide bonds. The van der Waals surface area contributed by atoms with E-state index in [1.54, 1.807) is 16.7 Å². The van der Waals surface area contributed by atoms with Gasteiger partial charge in [0.25, 0.3) is 0 Å². The molecule has 2 N–H and O–H groups in total. The van der Waals surface area contributed by atoms with Gasteiger partial charge in [0.15, 0.2) is 21.1 Å². The number of benzene rings is 2. The van der Waals surface area contributed by atoms with Gasteiger partial charge in [0.2, 0.25) is 5.91 Å². The van der Waals surface area contributed by atoms with Crippen molar-refractivity contribution in [1.82, 2.24) is 24.8 Å². The number of rotatable bonds is 7. The lowest BCUT2D eigenvalue weighted by atomic mass is 10.2. The zero-order valence-corrected chi connectivity index (χ0v) is 17.5. The number of nitrogens with one attached hydrogen (secondary N) is 2. The smallest absolute Gasteiger partial charge is 0.243 e. The van der Waals surface area contributed by atoms with Gasteiger partial charge in [0.1, 0.15) is 18.4 Å². The van der Waals surface area contributed by atoms with Crippen LogP contribution in [0.5, 0.6) is 0 Å². The third-order valence-electron chi connectivity index (χ3n) is 4.95. The molecule has 2 unspecified atom stereocenters. The monoisotopic (exact) mass is 445 g/mol. The molecule has 2 atom stereocenters. The predicted molar refractivity (Wildman–Crippen MR) is 111 cm³/mol. The van der Waals surface area contributed by atoms with Gasteiger partial charge in [-0.1, -0.05) is 58.3 Å². The summed E-state index contributed by atoms with van der Waals surface area (Å²) in [6, 6.07) is 15.4. The Balaban J connectivity index is 1.45. The predicted octanol–water partition coefficient (Wildman–Crippen LogP) is 2.43. The number of aryl methyl sites for hydroxylation is 1. The molecular formula is C20H20ClN5O3S. The fourth-order valence-electron chi connectivity index (χ4n) is 3.46. The molecule has 8 nitrogen and oxygen atoms in total. The van der Waals surface area contributed by atoms with Gasteiger partial charge in [-0.05, 0) is 24.1 Å². The second-order valence-corrected chi connectivity index (χ2v) is 9.06. The molecule has 0 saturated heterocycles. The molecule has 0 radical (unpaired) electrons. The normalized spacial score (nSPS) is 17.3. The first-order valence-electron chi connectivity index (χ1n) is 9.44. The minimum absolute atomic E-state index is 0.00928. The molecule has 0 spiro atoms. The Bertz CT molecular complexity index is 1100. The van der Waals surface area contributed by atoms with Crippen LogP contribution in [0, 0.1) is 0 Å². The van der Waals surface area contributed by atoms with Crippen molar-refractivity contribution in [2.45, 2.75) is 36.9 Å². The third kappa shape index (κ3) is 4.29. The van der Waals surface area contributed by atoms with Crippen LogP contribution in [-0.4, -0.2) is 25.2 Å². The Kier molecular flexibility index (Phi) is 5.96. The van der Waals surface area contributed by atoms with Crippen molar-refractivity contribution in [2.75, 3.05) is 0 Å². The van der Waals surface area contributed by atoms with E-state index in [9.17, 15) is 13.6 Å². The van der Waals surface area contributed by atoms with Gasteiger partial charge < -0.3 is 14.4 Å². The van der Waals surface area contributed by atoms with Crippen LogP contribution in [-0.2, 0) is 38.9 Å². The van der Waals surface area contributed by atoms with E-state index in [1.165, 1.54) is 12.1 Å². The number of sulfonamides is 1. The van der Waals surface area contributed by atoms with Crippen LogP contribution in [0.3, 0.4) is 0 Å². The molecule has 2 aromatic carbocycles. The van der Waals surface area contributed by atoms with Crippen molar-refractivity contribution >= 4 is 27.9 Å². The summed E-state index contributed by atoms with van der Waals surface area (Å²) in [4.78, 5) is 12.7. The summed E-state index contributed by atoms with van der Waals surface area (Å²) in [5.41, 5.74) is 1.00. The first-order valence-corrected chi connectivity index (χ1v) is 11.3. The molecule has 156 valence electrons. The highest BCUT2D eigenvalue weighted by molar-refractivity contribution is 7.95. The summed E-state index contributed by atoms with van der Waals surface area (Å²) in [7, 11) is -3.83. The van der Waals surface area contributed by atoms with E-state index < -0.39 is 16.4 Å². The second-order valence-electron chi connectivity index (χ2n) is 6.92. The van der Waals surface area contributed by atoms with E-state index in [-0.39, 0.29) is 22.4 Å². The number of hydrogen-bond acceptors (Lipinski definition) is 5. The van der Waals surface area contributed by atoms with Crippen molar-refractivity contribution in [3.63, 3.8) is 0 Å². The summed E-state index contributed by atoms with van der Waals surface area (Å²) in [6.07, 6.45) is 1.20. The quantitative estimate of drug-likeness (QED) is 0.542. The standard InChI is InChI=1S/C20H20ClN5O3S/c21-15-8-4-5-9-17(15)30(28,29)23-13-19-25-24-18-11-10-16(26(18)19)20(27)22-12-14-6-2-1-3-7-14/h1-9,16H,10-13H2,(H2-,22,23,27,28,29). The summed E-state index contributed by atoms with van der Waals surface area (Å²) >= 11 is 6.01. The van der Waals surface area contributed by atoms with E-state index in [4.69, 9.17) is 11.6 Å². The zero-order valence-electron chi connectivity index (χ0n) is 16.0. The van der Waals surface area contributed by atoms with Gasteiger partial charge in [0.05, 0.1) is 5.02 Å². The van der Waals surface area contributed by atoms with Gasteiger partial charge in [-0.3, -0.25) is 4.79 Å². The third-order valence-corrected chi connectivity index (χ3v) is 6.85. The van der Waals surface area contributed by atoms with Crippen LogP contribution in [0.2, 0.25) is 5.02 Å². The molecule has 1 aromatic heterocycles. The molecular weight excluding hydrogens is 426 g/mol. The maximum Gasteiger partial charge on any atom is 0.243 e. The van der Waals surface area contributed by atoms with Crippen molar-refractivity contribution in [3.8, 4) is 0 Å². The summed E-state index contributed by atoms with van der Waals surface area (Å²) < 4.78 is 29.4. The summed E-state index contributed by atoms with van der Waals surface area (Å²) in [5.74, 6) is 0.910. The first kappa shape index (κ1) is 20.7. The highest BCUT2D eigenvalue weighted by Crippen LogP contribution is 2.28. The van der Waals surface area contributed by atoms with E-state index in [1.807, 2.05) is 30.3 Å². The number of halogens is 1. The number of hydrogen-bond donors (Lipinski definition) is 2. The molecule has 1 aliphatic rings. The van der Waals surface area contributed by atoms with Gasteiger partial charge in [-0.2, -0.15) is 0 Å². The average molecular weight is 446 g/mol. The van der Waals surface area contributed by atoms with Crippen LogP contribution >= 0.6 is 11.6 Å². The fraction of sp³-hybridized carbons (Fsp3) is 0.250. The van der Waals surface area contributed by atoms with Gasteiger partial charge in [0, 0.05) is 13.0 Å². The average Bonchev–Trinajstić information content (AvgIpc) is 3.34. The number of nitrogens with zero attached hydrogens (tertiary/aromatic N) is 3. The maximum atomic E-state index is 12.8. The van der Waals surface area contributed by atoms with E-state index in [2.05, 4.69) is 20.2 Å². The Labute approximate surface area is 180 Å². The molecule has 1 aliphatic heterocycles. The molecule has 2 heterocycles. The van der Waals surface area contributed by atoms with Crippen molar-refractivity contribution in [2.24, 2.45) is 0 Å². The van der Waals surface area contributed by atoms with Gasteiger partial charge in [-0.25, -0.2) is 0 Å². The number of aromatic nitrogens is 3. The molecule has 4 rings (SSSR count). The van der Waals surface area contributed by atoms with Crippen molar-refractivity contribution < 1.29 is 13.6 Å². The van der Waals surface area contributed by atoms with Crippen LogP contribution in [0.1, 0.15) is 29.7 Å². The molecule has 0 bridgehead atoms. The van der Waals surface area contributed by atoms with Crippen LogP contribution in [0.4, 0.5) is 0 Å². The van der Waals surface area contributed by atoms with Crippen LogP contribution in [0.15, 0.2) is 59.5 Å². The molecule has 0 aliphatic carbocycles. The lowest BCUT2D eigenvalue weighted by molar-refractivity contribution is -0.124. The maximum absolute atomic E-state index is 12.8. The number of carbonyl (C=O) groups is 1. The van der Waals surface area contributed by atoms with E-state index in [0.29, 0.717) is 31.0 Å². The number of fused-ring (bicyclic) bond motifs is 1. The number of carbonyl (C=O) groups excluding carboxylic acids is 1. The largest absolute Gasteiger partial charge is 0.593 e. The van der Waals surface area contributed by atoms with Crippen LogP contribution in [0.25, 0.3) is 0 Å². The highest BCUT2D eigenvalue weighted by Gasteiger charge is 2.33. The van der Waals surface area contributed by atoms with Crippen molar-refractivity contribution in [1.29, 1.82) is 0 Å². The fourth-order valence-corrected chi connectivity index (χ4v) is 4.96. The Morgan fingerprint density at radius 3 is 2.63 bits per heavy atom. The molecule has 3 aromatic rings. The Hall–Kier alpha value is -2.59. The van der Waals surface area contributed by atoms with E-state index in [0.717, 1.165) is 5.56 Å². The zero-order chi connectivity index (χ0) is 21.1. The topological polar surface area (TPSA) is 112 Å². The lowest BCUT2D eigenvalue weighted by Gasteiger charge is -2.18. The number of amides is 1. The van der Waals surface area contributed by atoms with Crippen LogP contribution < -0.4 is 10.0 Å². The molecule has 30 heavy (non-hydrogen) atoms. The second kappa shape index (κ2) is 8.65. The molecule has 0 saturated carbocycles. The van der Waals surface area contributed by atoms with E-state index >= 15 is 0 Å². The minimum atomic E-state index is -3.83. The lowest BCUT2D eigenvalue weighted by Crippen LogP contribution is -2.34. The summed E-state index contributed by atoms with van der Waals surface area (Å²) in [5, 5.41) is 11.3. The Morgan fingerprint density at radius 2 is 1.87 bits per heavy atom. The Morgan fingerprint density at radius 1 is 1.13 bits per heavy atom. The molecule has 0 fully saturated rings. The highest BCUT2D eigenvalue weighted by atomic mass is 35.5. The SMILES string of the molecule is O=C(NCc1ccccc1)C1CCc2nnc(CN[S+](=O)([O-])c3ccccc3Cl)n21.